The molecule has 0 aromatic heterocycles. The zero-order valence-electron chi connectivity index (χ0n) is 38.6. The zero-order chi connectivity index (χ0) is 52.4. The number of aliphatic hydroxyl groups is 1. The monoisotopic (exact) mass is 984 g/mol. The van der Waals surface area contributed by atoms with Crippen molar-refractivity contribution < 1.29 is 87.9 Å². The minimum Gasteiger partial charge on any atom is -0.481 e. The summed E-state index contributed by atoms with van der Waals surface area (Å²) in [5.41, 5.74) is 11.1. The molecule has 0 aliphatic carbocycles. The fraction of sp³-hybridized carbons (Fsp3) is 0.683. The first kappa shape index (κ1) is 58.2. The number of aliphatic hydroxyl groups excluding tert-OH is 1. The molecule has 28 nitrogen and oxygen atoms in total. The lowest BCUT2D eigenvalue weighted by Crippen LogP contribution is -2.62. The zero-order valence-corrected chi connectivity index (χ0v) is 38.6. The standard InChI is InChI=1S/C41H64N10O18/c1-5-18(2)31(43)37(64)45-21(11-13-28(54)55)40(67)51-15-7-9-26(51)36(63)47-24(17-30(58)59)34(61)49-32(20(4)52)38(65)48-23(16-29(56)57)33(60)44-19(3)39(66)50-14-6-8-25(50)35(62)46-22(41(68)69)10-12-27(42)53/h18-26,31-32,52H,5-17,43H2,1-4H3,(H2,42,53)(H,44,60)(H,45,64)(H,46,62)(H,47,63)(H,48,65)(H,49,61)(H,54,55)(H,56,57)(H,58,59)(H,68,69)/t18-,19-,20+,21-,22-,23-,24-,25-,26-,31-,32-/m0/s1. The van der Waals surface area contributed by atoms with Crippen LogP contribution in [0.1, 0.15) is 98.3 Å². The number of hydrogen-bond donors (Lipinski definition) is 13. The smallest absolute Gasteiger partial charge is 0.326 e. The van der Waals surface area contributed by atoms with Crippen molar-refractivity contribution in [3.05, 3.63) is 0 Å². The van der Waals surface area contributed by atoms with E-state index in [0.717, 1.165) is 16.7 Å². The number of hydrogen-bond acceptors (Lipinski definition) is 15. The Morgan fingerprint density at radius 2 is 1.04 bits per heavy atom. The molecule has 0 radical (unpaired) electrons. The highest BCUT2D eigenvalue weighted by molar-refractivity contribution is 6.00. The van der Waals surface area contributed by atoms with E-state index in [0.29, 0.717) is 6.42 Å². The van der Waals surface area contributed by atoms with Gasteiger partial charge in [-0.2, -0.15) is 0 Å². The third-order valence-corrected chi connectivity index (χ3v) is 11.6. The van der Waals surface area contributed by atoms with E-state index < -0.39 is 157 Å². The summed E-state index contributed by atoms with van der Waals surface area (Å²) in [7, 11) is 0. The van der Waals surface area contributed by atoms with Crippen LogP contribution in [0.2, 0.25) is 0 Å². The fourth-order valence-corrected chi connectivity index (χ4v) is 7.50. The number of nitrogens with one attached hydrogen (secondary N) is 6. The molecule has 0 aromatic carbocycles. The molecule has 2 fully saturated rings. The molecular formula is C41H64N10O18. The van der Waals surface area contributed by atoms with Crippen molar-refractivity contribution >= 4 is 77.0 Å². The van der Waals surface area contributed by atoms with Crippen molar-refractivity contribution in [1.29, 1.82) is 0 Å². The van der Waals surface area contributed by atoms with Gasteiger partial charge in [0.05, 0.1) is 25.0 Å². The van der Waals surface area contributed by atoms with Crippen LogP contribution < -0.4 is 43.4 Å². The molecule has 0 aromatic rings. The van der Waals surface area contributed by atoms with E-state index in [1.54, 1.807) is 13.8 Å². The summed E-state index contributed by atoms with van der Waals surface area (Å²) < 4.78 is 0. The lowest BCUT2D eigenvalue weighted by Gasteiger charge is -2.31. The van der Waals surface area contributed by atoms with E-state index in [-0.39, 0.29) is 64.0 Å². The van der Waals surface area contributed by atoms with Gasteiger partial charge >= 0.3 is 23.9 Å². The quantitative estimate of drug-likeness (QED) is 0.0348. The number of carboxylic acid groups (broad SMARTS) is 4. The van der Waals surface area contributed by atoms with Crippen LogP contribution in [-0.2, 0) is 62.3 Å². The summed E-state index contributed by atoms with van der Waals surface area (Å²) in [6, 6.07) is -14.1. The van der Waals surface area contributed by atoms with E-state index >= 15 is 0 Å². The number of primary amides is 1. The number of carbonyl (C=O) groups excluding carboxylic acids is 9. The Kier molecular flexibility index (Phi) is 22.9. The van der Waals surface area contributed by atoms with Gasteiger partial charge in [0.2, 0.25) is 53.2 Å². The van der Waals surface area contributed by atoms with Crippen LogP contribution in [0.15, 0.2) is 0 Å². The molecule has 9 amide bonds. The van der Waals surface area contributed by atoms with E-state index in [1.807, 2.05) is 0 Å². The molecule has 0 bridgehead atoms. The summed E-state index contributed by atoms with van der Waals surface area (Å²) in [6.45, 7) is 5.59. The van der Waals surface area contributed by atoms with Gasteiger partial charge in [-0.25, -0.2) is 4.79 Å². The highest BCUT2D eigenvalue weighted by atomic mass is 16.4. The predicted octanol–water partition coefficient (Wildman–Crippen LogP) is -5.18. The van der Waals surface area contributed by atoms with Gasteiger partial charge < -0.3 is 78.7 Å². The van der Waals surface area contributed by atoms with Crippen LogP contribution in [0.5, 0.6) is 0 Å². The molecule has 2 aliphatic rings. The highest BCUT2D eigenvalue weighted by Crippen LogP contribution is 2.22. The van der Waals surface area contributed by atoms with Gasteiger partial charge in [0, 0.05) is 25.9 Å². The average Bonchev–Trinajstić information content (AvgIpc) is 3.97. The van der Waals surface area contributed by atoms with Gasteiger partial charge in [-0.3, -0.25) is 57.5 Å². The molecule has 69 heavy (non-hydrogen) atoms. The van der Waals surface area contributed by atoms with Crippen molar-refractivity contribution in [2.75, 3.05) is 13.1 Å². The van der Waals surface area contributed by atoms with Crippen LogP contribution >= 0.6 is 0 Å². The van der Waals surface area contributed by atoms with Crippen molar-refractivity contribution in [2.45, 2.75) is 159 Å². The summed E-state index contributed by atoms with van der Waals surface area (Å²) in [4.78, 5) is 167. The third kappa shape index (κ3) is 17.9. The maximum Gasteiger partial charge on any atom is 0.326 e. The van der Waals surface area contributed by atoms with Gasteiger partial charge in [0.25, 0.3) is 0 Å². The second-order valence-corrected chi connectivity index (χ2v) is 17.0. The van der Waals surface area contributed by atoms with E-state index in [9.17, 15) is 87.9 Å². The van der Waals surface area contributed by atoms with Crippen LogP contribution in [0.3, 0.4) is 0 Å². The summed E-state index contributed by atoms with van der Waals surface area (Å²) in [5, 5.41) is 61.8. The van der Waals surface area contributed by atoms with E-state index in [1.165, 1.54) is 6.92 Å². The Hall–Kier alpha value is -6.97. The first-order chi connectivity index (χ1) is 32.2. The molecule has 15 N–H and O–H groups in total. The number of nitrogens with zero attached hydrogens (tertiary/aromatic N) is 2. The topological polar surface area (TPSA) is 454 Å². The Morgan fingerprint density at radius 3 is 1.51 bits per heavy atom. The van der Waals surface area contributed by atoms with Crippen LogP contribution in [0, 0.1) is 5.92 Å². The Bertz CT molecular complexity index is 1970. The van der Waals surface area contributed by atoms with Crippen molar-refractivity contribution in [2.24, 2.45) is 17.4 Å². The number of amides is 9. The van der Waals surface area contributed by atoms with Crippen LogP contribution in [0.4, 0.5) is 0 Å². The largest absolute Gasteiger partial charge is 0.481 e. The minimum atomic E-state index is -2.04. The van der Waals surface area contributed by atoms with Crippen molar-refractivity contribution in [1.82, 2.24) is 41.7 Å². The lowest BCUT2D eigenvalue weighted by molar-refractivity contribution is -0.145. The number of rotatable bonds is 28. The van der Waals surface area contributed by atoms with Crippen molar-refractivity contribution in [3.63, 3.8) is 0 Å². The number of nitrogens with two attached hydrogens (primary N) is 2. The van der Waals surface area contributed by atoms with E-state index in [4.69, 9.17) is 11.5 Å². The van der Waals surface area contributed by atoms with E-state index in [2.05, 4.69) is 31.9 Å². The Balaban J connectivity index is 2.24. The first-order valence-electron chi connectivity index (χ1n) is 22.2. The first-order valence-corrected chi connectivity index (χ1v) is 22.2. The molecule has 0 spiro atoms. The molecule has 0 unspecified atom stereocenters. The Labute approximate surface area is 395 Å². The van der Waals surface area contributed by atoms with Crippen molar-refractivity contribution in [3.8, 4) is 0 Å². The summed E-state index contributed by atoms with van der Waals surface area (Å²) >= 11 is 0. The van der Waals surface area contributed by atoms with Crippen LogP contribution in [-0.4, -0.2) is 186 Å². The summed E-state index contributed by atoms with van der Waals surface area (Å²) in [6.07, 6.45) is -4.58. The van der Waals surface area contributed by atoms with Gasteiger partial charge in [-0.05, 0) is 58.3 Å². The van der Waals surface area contributed by atoms with Gasteiger partial charge in [-0.15, -0.1) is 0 Å². The molecule has 28 heteroatoms. The highest BCUT2D eigenvalue weighted by Gasteiger charge is 2.42. The number of likely N-dealkylation sites (tertiary alicyclic amines) is 2. The normalized spacial score (nSPS) is 19.4. The fourth-order valence-electron chi connectivity index (χ4n) is 7.50. The minimum absolute atomic E-state index is 0.00942. The van der Waals surface area contributed by atoms with Crippen LogP contribution in [0.25, 0.3) is 0 Å². The van der Waals surface area contributed by atoms with Gasteiger partial charge in [-0.1, -0.05) is 20.3 Å². The average molecular weight is 985 g/mol. The molecule has 2 saturated heterocycles. The molecule has 2 heterocycles. The predicted molar refractivity (Wildman–Crippen MR) is 233 cm³/mol. The lowest BCUT2D eigenvalue weighted by atomic mass is 9.98. The van der Waals surface area contributed by atoms with Gasteiger partial charge in [0.15, 0.2) is 0 Å². The second-order valence-electron chi connectivity index (χ2n) is 17.0. The maximum atomic E-state index is 13.8. The molecule has 0 saturated carbocycles. The SMILES string of the molecule is CC[C@H](C)[C@H](N)C(=O)N[C@@H](CCC(=O)O)C(=O)N1CCC[C@H]1C(=O)N[C@@H](CC(=O)O)C(=O)N[C@H](C(=O)N[C@@H](CC(=O)O)C(=O)N[C@@H](C)C(=O)N1CCC[C@H]1C(=O)N[C@@H](CCC(N)=O)C(=O)O)[C@@H](C)O. The number of aliphatic carboxylic acids is 4. The second kappa shape index (κ2) is 27.1. The molecular weight excluding hydrogens is 921 g/mol. The third-order valence-electron chi connectivity index (χ3n) is 11.6. The summed E-state index contributed by atoms with van der Waals surface area (Å²) in [5.74, 6) is -15.5. The number of carboxylic acids is 4. The number of carbonyl (C=O) groups is 13. The Morgan fingerprint density at radius 1 is 0.580 bits per heavy atom. The molecule has 2 rings (SSSR count). The molecule has 386 valence electrons. The van der Waals surface area contributed by atoms with Gasteiger partial charge in [0.1, 0.15) is 48.3 Å². The molecule has 11 atom stereocenters. The maximum absolute atomic E-state index is 13.8. The molecule has 2 aliphatic heterocycles.